The highest BCUT2D eigenvalue weighted by Gasteiger charge is 2.05. The van der Waals surface area contributed by atoms with Crippen LogP contribution < -0.4 is 5.32 Å². The van der Waals surface area contributed by atoms with Gasteiger partial charge in [-0.1, -0.05) is 70.0 Å². The molecule has 3 aromatic rings. The zero-order valence-corrected chi connectivity index (χ0v) is 14.0. The Morgan fingerprint density at radius 3 is 2.41 bits per heavy atom. The van der Waals surface area contributed by atoms with E-state index in [0.29, 0.717) is 23.3 Å². The molecule has 0 bridgehead atoms. The van der Waals surface area contributed by atoms with Gasteiger partial charge in [-0.05, 0) is 17.7 Å². The highest BCUT2D eigenvalue weighted by atomic mass is 79.9. The number of rotatable bonds is 4. The first-order valence-corrected chi connectivity index (χ1v) is 7.96. The number of halogens is 2. The highest BCUT2D eigenvalue weighted by Crippen LogP contribution is 2.20. The normalized spacial score (nSPS) is 10.5. The molecule has 0 aliphatic rings. The fourth-order valence-electron chi connectivity index (χ4n) is 2.02. The lowest BCUT2D eigenvalue weighted by molar-refractivity contribution is 1.09. The smallest absolute Gasteiger partial charge is 0.163 e. The van der Waals surface area contributed by atoms with E-state index in [1.807, 2.05) is 42.5 Å². The van der Waals surface area contributed by atoms with Crippen molar-refractivity contribution in [2.45, 2.75) is 6.54 Å². The van der Waals surface area contributed by atoms with E-state index < -0.39 is 0 Å². The van der Waals surface area contributed by atoms with E-state index in [4.69, 9.17) is 11.6 Å². The topological polar surface area (TPSA) is 37.8 Å². The minimum atomic E-state index is 0.423. The van der Waals surface area contributed by atoms with E-state index in [2.05, 4.69) is 43.3 Å². The number of benzene rings is 2. The number of nitrogens with one attached hydrogen (secondary N) is 1. The summed E-state index contributed by atoms with van der Waals surface area (Å²) in [6.07, 6.45) is 0. The van der Waals surface area contributed by atoms with Gasteiger partial charge in [-0.2, -0.15) is 0 Å². The second-order valence-corrected chi connectivity index (χ2v) is 6.05. The quantitative estimate of drug-likeness (QED) is 0.640. The molecular weight excluding hydrogens is 362 g/mol. The van der Waals surface area contributed by atoms with Crippen LogP contribution in [0.1, 0.15) is 5.56 Å². The van der Waals surface area contributed by atoms with Crippen LogP contribution in [0.2, 0.25) is 5.15 Å². The average molecular weight is 375 g/mol. The molecule has 1 N–H and O–H groups in total. The van der Waals surface area contributed by atoms with Crippen LogP contribution in [0.15, 0.2) is 65.1 Å². The van der Waals surface area contributed by atoms with Gasteiger partial charge in [0.15, 0.2) is 5.82 Å². The van der Waals surface area contributed by atoms with Gasteiger partial charge in [-0.15, -0.1) is 0 Å². The van der Waals surface area contributed by atoms with Gasteiger partial charge in [-0.25, -0.2) is 9.97 Å². The average Bonchev–Trinajstić information content (AvgIpc) is 2.55. The summed E-state index contributed by atoms with van der Waals surface area (Å²) in [5.41, 5.74) is 2.11. The van der Waals surface area contributed by atoms with Crippen molar-refractivity contribution in [2.24, 2.45) is 0 Å². The van der Waals surface area contributed by atoms with Crippen molar-refractivity contribution in [3.8, 4) is 11.4 Å². The maximum absolute atomic E-state index is 6.11. The Labute approximate surface area is 142 Å². The molecular formula is C17H13BrClN3. The Hall–Kier alpha value is -1.91. The summed E-state index contributed by atoms with van der Waals surface area (Å²) in [6, 6.07) is 19.7. The summed E-state index contributed by atoms with van der Waals surface area (Å²) in [6.45, 7) is 0.675. The third-order valence-electron chi connectivity index (χ3n) is 3.11. The van der Waals surface area contributed by atoms with Gasteiger partial charge in [0, 0.05) is 22.6 Å². The Morgan fingerprint density at radius 2 is 1.68 bits per heavy atom. The maximum atomic E-state index is 6.11. The van der Waals surface area contributed by atoms with Gasteiger partial charge < -0.3 is 5.32 Å². The van der Waals surface area contributed by atoms with E-state index in [0.717, 1.165) is 10.0 Å². The molecule has 0 saturated carbocycles. The zero-order valence-electron chi connectivity index (χ0n) is 11.6. The van der Waals surface area contributed by atoms with Gasteiger partial charge in [0.05, 0.1) is 0 Å². The summed E-state index contributed by atoms with van der Waals surface area (Å²) in [4.78, 5) is 8.80. The Morgan fingerprint density at radius 1 is 0.955 bits per heavy atom. The fraction of sp³-hybridized carbons (Fsp3) is 0.0588. The molecule has 0 unspecified atom stereocenters. The molecule has 0 saturated heterocycles. The molecule has 2 aromatic carbocycles. The van der Waals surface area contributed by atoms with Gasteiger partial charge in [0.2, 0.25) is 0 Å². The molecule has 5 heteroatoms. The largest absolute Gasteiger partial charge is 0.366 e. The van der Waals surface area contributed by atoms with Gasteiger partial charge in [0.1, 0.15) is 11.0 Å². The zero-order chi connectivity index (χ0) is 15.4. The lowest BCUT2D eigenvalue weighted by atomic mass is 10.2. The van der Waals surface area contributed by atoms with E-state index in [1.54, 1.807) is 6.07 Å². The molecule has 3 nitrogen and oxygen atoms in total. The molecule has 0 atom stereocenters. The number of anilines is 1. The summed E-state index contributed by atoms with van der Waals surface area (Å²) in [5, 5.41) is 3.70. The number of hydrogen-bond acceptors (Lipinski definition) is 3. The summed E-state index contributed by atoms with van der Waals surface area (Å²) >= 11 is 9.53. The van der Waals surface area contributed by atoms with Crippen LogP contribution in [0.25, 0.3) is 11.4 Å². The van der Waals surface area contributed by atoms with Crippen LogP contribution >= 0.6 is 27.5 Å². The molecule has 0 radical (unpaired) electrons. The van der Waals surface area contributed by atoms with Crippen LogP contribution in [0.3, 0.4) is 0 Å². The Kier molecular flexibility index (Phi) is 4.71. The molecule has 3 rings (SSSR count). The first-order chi connectivity index (χ1) is 10.7. The van der Waals surface area contributed by atoms with Crippen molar-refractivity contribution in [1.82, 2.24) is 9.97 Å². The lowest BCUT2D eigenvalue weighted by Crippen LogP contribution is -2.03. The van der Waals surface area contributed by atoms with Crippen LogP contribution in [-0.2, 0) is 6.54 Å². The van der Waals surface area contributed by atoms with E-state index in [1.165, 1.54) is 5.56 Å². The van der Waals surface area contributed by atoms with Gasteiger partial charge >= 0.3 is 0 Å². The monoisotopic (exact) mass is 373 g/mol. The van der Waals surface area contributed by atoms with Crippen molar-refractivity contribution in [3.63, 3.8) is 0 Å². The highest BCUT2D eigenvalue weighted by molar-refractivity contribution is 9.10. The minimum Gasteiger partial charge on any atom is -0.366 e. The molecule has 110 valence electrons. The van der Waals surface area contributed by atoms with Crippen LogP contribution in [-0.4, -0.2) is 9.97 Å². The number of aromatic nitrogens is 2. The molecule has 0 amide bonds. The standard InChI is InChI=1S/C17H13BrClN3/c18-14-8-6-12(7-9-14)11-20-16-10-15(19)21-17(22-16)13-4-2-1-3-5-13/h1-10H,11H2,(H,20,21,22). The third kappa shape index (κ3) is 3.84. The molecule has 1 heterocycles. The molecule has 0 spiro atoms. The summed E-state index contributed by atoms with van der Waals surface area (Å²) < 4.78 is 1.06. The maximum Gasteiger partial charge on any atom is 0.163 e. The van der Waals surface area contributed by atoms with Crippen molar-refractivity contribution < 1.29 is 0 Å². The van der Waals surface area contributed by atoms with Crippen molar-refractivity contribution in [3.05, 3.63) is 75.9 Å². The third-order valence-corrected chi connectivity index (χ3v) is 3.84. The predicted molar refractivity (Wildman–Crippen MR) is 93.9 cm³/mol. The van der Waals surface area contributed by atoms with Crippen LogP contribution in [0.4, 0.5) is 5.82 Å². The number of nitrogens with zero attached hydrogens (tertiary/aromatic N) is 2. The van der Waals surface area contributed by atoms with Crippen LogP contribution in [0, 0.1) is 0 Å². The summed E-state index contributed by atoms with van der Waals surface area (Å²) in [7, 11) is 0. The van der Waals surface area contributed by atoms with E-state index in [9.17, 15) is 0 Å². The molecule has 0 aliphatic heterocycles. The molecule has 1 aromatic heterocycles. The van der Waals surface area contributed by atoms with E-state index in [-0.39, 0.29) is 0 Å². The Bertz CT molecular complexity index is 761. The summed E-state index contributed by atoms with van der Waals surface area (Å²) in [5.74, 6) is 1.33. The molecule has 22 heavy (non-hydrogen) atoms. The second-order valence-electron chi connectivity index (χ2n) is 4.75. The lowest BCUT2D eigenvalue weighted by Gasteiger charge is -2.08. The molecule has 0 fully saturated rings. The first-order valence-electron chi connectivity index (χ1n) is 6.79. The second kappa shape index (κ2) is 6.90. The number of hydrogen-bond donors (Lipinski definition) is 1. The Balaban J connectivity index is 1.79. The molecule has 0 aliphatic carbocycles. The van der Waals surface area contributed by atoms with Crippen LogP contribution in [0.5, 0.6) is 0 Å². The van der Waals surface area contributed by atoms with E-state index >= 15 is 0 Å². The van der Waals surface area contributed by atoms with Crippen molar-refractivity contribution in [1.29, 1.82) is 0 Å². The van der Waals surface area contributed by atoms with Gasteiger partial charge in [0.25, 0.3) is 0 Å². The minimum absolute atomic E-state index is 0.423. The van der Waals surface area contributed by atoms with Crippen molar-refractivity contribution in [2.75, 3.05) is 5.32 Å². The first kappa shape index (κ1) is 15.0. The van der Waals surface area contributed by atoms with Crippen molar-refractivity contribution >= 4 is 33.3 Å². The van der Waals surface area contributed by atoms with Gasteiger partial charge in [-0.3, -0.25) is 0 Å². The predicted octanol–water partition coefficient (Wildman–Crippen LogP) is 5.17. The fourth-order valence-corrected chi connectivity index (χ4v) is 2.47. The SMILES string of the molecule is Clc1cc(NCc2ccc(Br)cc2)nc(-c2ccccc2)n1.